The maximum atomic E-state index is 13.8. The largest absolute Gasteiger partial charge is 0.497 e. The van der Waals surface area contributed by atoms with Crippen LogP contribution in [0.15, 0.2) is 71.6 Å². The number of hydrogen-bond donors (Lipinski definition) is 0. The summed E-state index contributed by atoms with van der Waals surface area (Å²) in [7, 11) is 0.424. The van der Waals surface area contributed by atoms with Gasteiger partial charge in [-0.25, -0.2) is 12.4 Å². The monoisotopic (exact) mass is 451 g/mol. The first kappa shape index (κ1) is 21.5. The van der Waals surface area contributed by atoms with Gasteiger partial charge in [0.25, 0.3) is 10.0 Å². The van der Waals surface area contributed by atoms with Gasteiger partial charge in [0.2, 0.25) is 0 Å². The van der Waals surface area contributed by atoms with E-state index in [1.807, 2.05) is 0 Å². The van der Waals surface area contributed by atoms with Gasteiger partial charge in [-0.3, -0.25) is 4.79 Å². The zero-order chi connectivity index (χ0) is 22.9. The SMILES string of the molecule is COc1ccc2c(c1)cc(-c1c(OC)ccc(C=O)c1OC)n2S(=O)(=O)c1ccccc1. The molecule has 0 aliphatic heterocycles. The molecule has 0 aliphatic carbocycles. The molecule has 1 aromatic heterocycles. The molecule has 0 N–H and O–H groups in total. The van der Waals surface area contributed by atoms with Crippen LogP contribution < -0.4 is 14.2 Å². The van der Waals surface area contributed by atoms with Gasteiger partial charge < -0.3 is 14.2 Å². The first-order chi connectivity index (χ1) is 15.5. The quantitative estimate of drug-likeness (QED) is 0.388. The highest BCUT2D eigenvalue weighted by Gasteiger charge is 2.28. The van der Waals surface area contributed by atoms with Gasteiger partial charge in [-0.1, -0.05) is 18.2 Å². The van der Waals surface area contributed by atoms with E-state index in [9.17, 15) is 13.2 Å². The minimum atomic E-state index is -4.01. The van der Waals surface area contributed by atoms with E-state index in [1.54, 1.807) is 61.7 Å². The second kappa shape index (κ2) is 8.39. The Hall–Kier alpha value is -3.78. The van der Waals surface area contributed by atoms with Gasteiger partial charge in [0.1, 0.15) is 17.2 Å². The van der Waals surface area contributed by atoms with Crippen LogP contribution in [0.1, 0.15) is 10.4 Å². The molecule has 0 saturated carbocycles. The number of carbonyl (C=O) groups excluding carboxylic acids is 1. The Kier molecular flexibility index (Phi) is 5.63. The van der Waals surface area contributed by atoms with Crippen molar-refractivity contribution in [1.29, 1.82) is 0 Å². The molecular weight excluding hydrogens is 430 g/mol. The van der Waals surface area contributed by atoms with E-state index in [-0.39, 0.29) is 16.2 Å². The predicted octanol–water partition coefficient (Wildman–Crippen LogP) is 4.38. The number of benzene rings is 3. The van der Waals surface area contributed by atoms with Gasteiger partial charge in [0.15, 0.2) is 6.29 Å². The van der Waals surface area contributed by atoms with E-state index in [0.717, 1.165) is 0 Å². The minimum Gasteiger partial charge on any atom is -0.497 e. The molecule has 0 fully saturated rings. The van der Waals surface area contributed by atoms with Gasteiger partial charge in [0, 0.05) is 5.39 Å². The first-order valence-electron chi connectivity index (χ1n) is 9.67. The molecule has 4 aromatic rings. The van der Waals surface area contributed by atoms with Crippen molar-refractivity contribution < 1.29 is 27.4 Å². The van der Waals surface area contributed by atoms with Crippen LogP contribution >= 0.6 is 0 Å². The Morgan fingerprint density at radius 1 is 0.844 bits per heavy atom. The lowest BCUT2D eigenvalue weighted by Crippen LogP contribution is -2.14. The Morgan fingerprint density at radius 2 is 1.59 bits per heavy atom. The molecule has 0 saturated heterocycles. The van der Waals surface area contributed by atoms with E-state index in [1.165, 1.54) is 30.3 Å². The average Bonchev–Trinajstić information content (AvgIpc) is 3.22. The smallest absolute Gasteiger partial charge is 0.268 e. The number of hydrogen-bond acceptors (Lipinski definition) is 6. The van der Waals surface area contributed by atoms with Crippen LogP contribution in [0.4, 0.5) is 0 Å². The van der Waals surface area contributed by atoms with Crippen LogP contribution in [0, 0.1) is 0 Å². The summed E-state index contributed by atoms with van der Waals surface area (Å²) in [5.41, 5.74) is 1.38. The first-order valence-corrected chi connectivity index (χ1v) is 11.1. The van der Waals surface area contributed by atoms with E-state index >= 15 is 0 Å². The molecule has 0 unspecified atom stereocenters. The van der Waals surface area contributed by atoms with Gasteiger partial charge >= 0.3 is 0 Å². The highest BCUT2D eigenvalue weighted by atomic mass is 32.2. The molecule has 0 aliphatic rings. The van der Waals surface area contributed by atoms with Crippen molar-refractivity contribution in [3.63, 3.8) is 0 Å². The maximum absolute atomic E-state index is 13.8. The number of aromatic nitrogens is 1. The third-order valence-corrected chi connectivity index (χ3v) is 6.94. The van der Waals surface area contributed by atoms with Gasteiger partial charge in [0.05, 0.1) is 48.6 Å². The highest BCUT2D eigenvalue weighted by molar-refractivity contribution is 7.90. The lowest BCUT2D eigenvalue weighted by Gasteiger charge is -2.18. The second-order valence-corrected chi connectivity index (χ2v) is 8.71. The van der Waals surface area contributed by atoms with Crippen molar-refractivity contribution in [3.05, 3.63) is 72.3 Å². The molecule has 4 rings (SSSR count). The number of methoxy groups -OCH3 is 3. The Bertz CT molecular complexity index is 1410. The van der Waals surface area contributed by atoms with Crippen molar-refractivity contribution in [2.24, 2.45) is 0 Å². The number of rotatable bonds is 7. The van der Waals surface area contributed by atoms with Gasteiger partial charge in [-0.2, -0.15) is 0 Å². The van der Waals surface area contributed by atoms with Crippen LogP contribution in [0.3, 0.4) is 0 Å². The zero-order valence-electron chi connectivity index (χ0n) is 17.7. The summed E-state index contributed by atoms with van der Waals surface area (Å²) in [6, 6.07) is 18.2. The van der Waals surface area contributed by atoms with Crippen LogP contribution in [0.25, 0.3) is 22.2 Å². The number of carbonyl (C=O) groups is 1. The molecule has 0 bridgehead atoms. The molecule has 0 atom stereocenters. The summed E-state index contributed by atoms with van der Waals surface area (Å²) < 4.78 is 45.2. The summed E-state index contributed by atoms with van der Waals surface area (Å²) in [6.45, 7) is 0. The van der Waals surface area contributed by atoms with Crippen LogP contribution in [-0.4, -0.2) is 40.0 Å². The third kappa shape index (κ3) is 3.38. The lowest BCUT2D eigenvalue weighted by atomic mass is 10.0. The fraction of sp³-hybridized carbons (Fsp3) is 0.125. The van der Waals surface area contributed by atoms with Crippen LogP contribution in [0.5, 0.6) is 17.2 Å². The molecule has 7 nitrogen and oxygen atoms in total. The standard InChI is InChI=1S/C24H21NO6S/c1-29-18-10-11-20-17(13-18)14-21(25(20)32(27,28)19-7-5-4-6-8-19)23-22(30-2)12-9-16(15-26)24(23)31-3/h4-15H,1-3H3. The van der Waals surface area contributed by atoms with Crippen molar-refractivity contribution in [2.45, 2.75) is 4.90 Å². The fourth-order valence-corrected chi connectivity index (χ4v) is 5.27. The van der Waals surface area contributed by atoms with Gasteiger partial charge in [-0.05, 0) is 48.5 Å². The van der Waals surface area contributed by atoms with E-state index in [0.29, 0.717) is 39.9 Å². The molecule has 0 spiro atoms. The molecule has 0 amide bonds. The van der Waals surface area contributed by atoms with Crippen molar-refractivity contribution in [2.75, 3.05) is 21.3 Å². The fourth-order valence-electron chi connectivity index (χ4n) is 3.73. The molecule has 3 aromatic carbocycles. The number of ether oxygens (including phenoxy) is 3. The topological polar surface area (TPSA) is 83.8 Å². The van der Waals surface area contributed by atoms with Crippen LogP contribution in [-0.2, 0) is 10.0 Å². The average molecular weight is 452 g/mol. The molecule has 8 heteroatoms. The zero-order valence-corrected chi connectivity index (χ0v) is 18.5. The number of aldehydes is 1. The Morgan fingerprint density at radius 3 is 2.22 bits per heavy atom. The Labute approximate surface area is 185 Å². The molecule has 0 radical (unpaired) electrons. The Balaban J connectivity index is 2.17. The molecule has 32 heavy (non-hydrogen) atoms. The van der Waals surface area contributed by atoms with E-state index in [2.05, 4.69) is 0 Å². The predicted molar refractivity (Wildman–Crippen MR) is 121 cm³/mol. The summed E-state index contributed by atoms with van der Waals surface area (Å²) in [6.07, 6.45) is 0.656. The molecule has 1 heterocycles. The van der Waals surface area contributed by atoms with E-state index < -0.39 is 10.0 Å². The lowest BCUT2D eigenvalue weighted by molar-refractivity contribution is 0.112. The maximum Gasteiger partial charge on any atom is 0.268 e. The van der Waals surface area contributed by atoms with Crippen LogP contribution in [0.2, 0.25) is 0 Å². The summed E-state index contributed by atoms with van der Waals surface area (Å²) in [5.74, 6) is 1.17. The number of nitrogens with zero attached hydrogens (tertiary/aromatic N) is 1. The summed E-state index contributed by atoms with van der Waals surface area (Å²) >= 11 is 0. The molecular formula is C24H21NO6S. The minimum absolute atomic E-state index is 0.124. The van der Waals surface area contributed by atoms with Crippen molar-refractivity contribution in [3.8, 4) is 28.5 Å². The van der Waals surface area contributed by atoms with E-state index in [4.69, 9.17) is 14.2 Å². The second-order valence-electron chi connectivity index (χ2n) is 6.92. The van der Waals surface area contributed by atoms with Crippen molar-refractivity contribution in [1.82, 2.24) is 3.97 Å². The van der Waals surface area contributed by atoms with Gasteiger partial charge in [-0.15, -0.1) is 0 Å². The third-order valence-electron chi connectivity index (χ3n) is 5.20. The molecule has 164 valence electrons. The summed E-state index contributed by atoms with van der Waals surface area (Å²) in [4.78, 5) is 11.8. The van der Waals surface area contributed by atoms with Crippen molar-refractivity contribution >= 4 is 27.2 Å². The normalized spacial score (nSPS) is 11.3. The summed E-state index contributed by atoms with van der Waals surface area (Å²) in [5, 5.41) is 0.638. The highest BCUT2D eigenvalue weighted by Crippen LogP contribution is 2.44. The number of fused-ring (bicyclic) bond motifs is 1.